The van der Waals surface area contributed by atoms with Crippen LogP contribution in [0.15, 0.2) is 6.33 Å². The van der Waals surface area contributed by atoms with E-state index in [0.29, 0.717) is 22.8 Å². The topological polar surface area (TPSA) is 106 Å². The van der Waals surface area contributed by atoms with Gasteiger partial charge in [-0.05, 0) is 11.5 Å². The Hall–Kier alpha value is -2.09. The van der Waals surface area contributed by atoms with Gasteiger partial charge >= 0.3 is 0 Å². The van der Waals surface area contributed by atoms with Crippen molar-refractivity contribution in [3.63, 3.8) is 0 Å². The van der Waals surface area contributed by atoms with Crippen LogP contribution in [0.25, 0.3) is 21.9 Å². The molecule has 98 valence electrons. The molecule has 0 fully saturated rings. The number of hydrogen-bond donors (Lipinski definition) is 2. The van der Waals surface area contributed by atoms with Gasteiger partial charge in [0.15, 0.2) is 17.3 Å². The molecule has 3 aromatic heterocycles. The van der Waals surface area contributed by atoms with Gasteiger partial charge in [0.25, 0.3) is 0 Å². The molecule has 0 aromatic carbocycles. The van der Waals surface area contributed by atoms with Crippen molar-refractivity contribution in [2.75, 3.05) is 5.73 Å². The minimum absolute atomic E-state index is 0.0987. The molecule has 0 bridgehead atoms. The Morgan fingerprint density at radius 2 is 2.05 bits per heavy atom. The Bertz CT molecular complexity index is 737. The van der Waals surface area contributed by atoms with Gasteiger partial charge in [0.2, 0.25) is 0 Å². The first-order valence-corrected chi connectivity index (χ1v) is 6.53. The number of hydrogen-bond acceptors (Lipinski definition) is 7. The average Bonchev–Trinajstić information content (AvgIpc) is 2.94. The van der Waals surface area contributed by atoms with Crippen LogP contribution in [0.2, 0.25) is 0 Å². The molecule has 3 N–H and O–H groups in total. The van der Waals surface area contributed by atoms with Gasteiger partial charge in [-0.3, -0.25) is 0 Å². The van der Waals surface area contributed by atoms with Crippen LogP contribution >= 0.6 is 11.5 Å². The number of nitrogens with two attached hydrogens (primary N) is 1. The zero-order valence-corrected chi connectivity index (χ0v) is 11.6. The predicted octanol–water partition coefficient (Wildman–Crippen LogP) is 1.75. The Morgan fingerprint density at radius 1 is 1.26 bits per heavy atom. The summed E-state index contributed by atoms with van der Waals surface area (Å²) in [6, 6.07) is 0. The molecule has 0 amide bonds. The molecule has 0 unspecified atom stereocenters. The molecule has 0 atom stereocenters. The number of anilines is 1. The smallest absolute Gasteiger partial charge is 0.183 e. The van der Waals surface area contributed by atoms with Crippen LogP contribution in [-0.4, -0.2) is 29.5 Å². The molecule has 3 heterocycles. The molecule has 0 spiro atoms. The largest absolute Gasteiger partial charge is 0.382 e. The monoisotopic (exact) mass is 275 g/mol. The van der Waals surface area contributed by atoms with Gasteiger partial charge in [0.1, 0.15) is 16.7 Å². The second kappa shape index (κ2) is 3.95. The lowest BCUT2D eigenvalue weighted by Gasteiger charge is -2.15. The molecule has 0 radical (unpaired) electrons. The Balaban J connectivity index is 2.21. The summed E-state index contributed by atoms with van der Waals surface area (Å²) in [5.74, 6) is 1.07. The quantitative estimate of drug-likeness (QED) is 0.700. The lowest BCUT2D eigenvalue weighted by atomic mass is 9.91. The fraction of sp³-hybridized carbons (Fsp3) is 0.364. The van der Waals surface area contributed by atoms with Crippen molar-refractivity contribution in [1.82, 2.24) is 29.5 Å². The second-order valence-corrected chi connectivity index (χ2v) is 6.00. The molecular formula is C11H13N7S. The van der Waals surface area contributed by atoms with Crippen LogP contribution in [0.4, 0.5) is 5.82 Å². The van der Waals surface area contributed by atoms with Crippen LogP contribution in [-0.2, 0) is 5.41 Å². The maximum absolute atomic E-state index is 5.80. The predicted molar refractivity (Wildman–Crippen MR) is 73.7 cm³/mol. The molecule has 7 nitrogen and oxygen atoms in total. The summed E-state index contributed by atoms with van der Waals surface area (Å²) in [5, 5.41) is 4.20. The van der Waals surface area contributed by atoms with Crippen LogP contribution in [0.1, 0.15) is 26.5 Å². The number of nitrogens with one attached hydrogen (secondary N) is 1. The number of aromatic amines is 1. The molecule has 19 heavy (non-hydrogen) atoms. The van der Waals surface area contributed by atoms with Crippen molar-refractivity contribution in [2.45, 2.75) is 26.2 Å². The third-order valence-corrected chi connectivity index (χ3v) is 3.46. The molecule has 3 rings (SSSR count). The molecule has 0 aliphatic carbocycles. The summed E-state index contributed by atoms with van der Waals surface area (Å²) in [4.78, 5) is 16.5. The molecular weight excluding hydrogens is 262 g/mol. The maximum atomic E-state index is 5.80. The third kappa shape index (κ3) is 1.93. The molecule has 8 heteroatoms. The first-order chi connectivity index (χ1) is 8.97. The highest BCUT2D eigenvalue weighted by Gasteiger charge is 2.25. The van der Waals surface area contributed by atoms with E-state index in [-0.39, 0.29) is 5.41 Å². The van der Waals surface area contributed by atoms with E-state index in [1.54, 1.807) is 0 Å². The highest BCUT2D eigenvalue weighted by Crippen LogP contribution is 2.33. The second-order valence-electron chi connectivity index (χ2n) is 5.24. The molecule has 0 saturated heterocycles. The van der Waals surface area contributed by atoms with E-state index in [4.69, 9.17) is 5.73 Å². The number of fused-ring (bicyclic) bond motifs is 1. The SMILES string of the molecule is CC(C)(C)c1nnsc1-c1nc2ncnc(N)c2[nH]1. The van der Waals surface area contributed by atoms with E-state index in [2.05, 4.69) is 50.3 Å². The number of H-pyrrole nitrogens is 1. The summed E-state index contributed by atoms with van der Waals surface area (Å²) >= 11 is 1.31. The Labute approximate surface area is 113 Å². The van der Waals surface area contributed by atoms with E-state index in [1.807, 2.05) is 0 Å². The first kappa shape index (κ1) is 12.0. The fourth-order valence-corrected chi connectivity index (χ4v) is 2.61. The van der Waals surface area contributed by atoms with E-state index < -0.39 is 0 Å². The van der Waals surface area contributed by atoms with Crippen molar-refractivity contribution in [2.24, 2.45) is 0 Å². The minimum atomic E-state index is -0.0987. The summed E-state index contributed by atoms with van der Waals surface area (Å²) < 4.78 is 4.02. The Morgan fingerprint density at radius 3 is 2.74 bits per heavy atom. The summed E-state index contributed by atoms with van der Waals surface area (Å²) in [5.41, 5.74) is 7.80. The van der Waals surface area contributed by atoms with Gasteiger partial charge in [-0.25, -0.2) is 15.0 Å². The Kier molecular flexibility index (Phi) is 2.49. The van der Waals surface area contributed by atoms with Crippen LogP contribution in [0, 0.1) is 0 Å². The summed E-state index contributed by atoms with van der Waals surface area (Å²) in [7, 11) is 0. The zero-order valence-electron chi connectivity index (χ0n) is 10.8. The van der Waals surface area contributed by atoms with E-state index in [1.165, 1.54) is 17.9 Å². The van der Waals surface area contributed by atoms with E-state index in [0.717, 1.165) is 10.6 Å². The highest BCUT2D eigenvalue weighted by molar-refractivity contribution is 7.09. The lowest BCUT2D eigenvalue weighted by Crippen LogP contribution is -2.13. The van der Waals surface area contributed by atoms with Crippen molar-refractivity contribution < 1.29 is 0 Å². The number of nitrogen functional groups attached to an aromatic ring is 1. The normalized spacial score (nSPS) is 12.2. The minimum Gasteiger partial charge on any atom is -0.382 e. The van der Waals surface area contributed by atoms with Gasteiger partial charge in [-0.2, -0.15) is 0 Å². The molecule has 0 aliphatic heterocycles. The number of imidazole rings is 1. The summed E-state index contributed by atoms with van der Waals surface area (Å²) in [6.45, 7) is 6.26. The van der Waals surface area contributed by atoms with Crippen LogP contribution < -0.4 is 5.73 Å². The van der Waals surface area contributed by atoms with Crippen molar-refractivity contribution in [3.8, 4) is 10.7 Å². The number of rotatable bonds is 1. The number of aromatic nitrogens is 6. The van der Waals surface area contributed by atoms with Crippen LogP contribution in [0.3, 0.4) is 0 Å². The first-order valence-electron chi connectivity index (χ1n) is 5.76. The van der Waals surface area contributed by atoms with Gasteiger partial charge in [-0.1, -0.05) is 25.3 Å². The number of nitrogens with zero attached hydrogens (tertiary/aromatic N) is 5. The van der Waals surface area contributed by atoms with Crippen LogP contribution in [0.5, 0.6) is 0 Å². The van der Waals surface area contributed by atoms with Crippen molar-refractivity contribution in [1.29, 1.82) is 0 Å². The van der Waals surface area contributed by atoms with Gasteiger partial charge < -0.3 is 10.7 Å². The molecule has 3 aromatic rings. The van der Waals surface area contributed by atoms with Crippen molar-refractivity contribution in [3.05, 3.63) is 12.0 Å². The molecule has 0 aliphatic rings. The lowest BCUT2D eigenvalue weighted by molar-refractivity contribution is 0.568. The van der Waals surface area contributed by atoms with Gasteiger partial charge in [-0.15, -0.1) is 5.10 Å². The highest BCUT2D eigenvalue weighted by atomic mass is 32.1. The average molecular weight is 275 g/mol. The van der Waals surface area contributed by atoms with Crippen molar-refractivity contribution >= 4 is 28.5 Å². The summed E-state index contributed by atoms with van der Waals surface area (Å²) in [6.07, 6.45) is 1.40. The zero-order chi connectivity index (χ0) is 13.6. The van der Waals surface area contributed by atoms with E-state index >= 15 is 0 Å². The van der Waals surface area contributed by atoms with Gasteiger partial charge in [0.05, 0.1) is 5.69 Å². The maximum Gasteiger partial charge on any atom is 0.183 e. The van der Waals surface area contributed by atoms with Gasteiger partial charge in [0, 0.05) is 5.41 Å². The third-order valence-electron chi connectivity index (χ3n) is 2.73. The molecule has 0 saturated carbocycles. The standard InChI is InChI=1S/C11H13N7S/c1-11(2,3)7-6(19-18-17-7)10-15-5-8(12)13-4-14-9(5)16-10/h4H,1-3H3,(H3,12,13,14,15,16). The van der Waals surface area contributed by atoms with E-state index in [9.17, 15) is 0 Å². The fourth-order valence-electron chi connectivity index (χ4n) is 1.79.